The van der Waals surface area contributed by atoms with E-state index in [9.17, 15) is 26.8 Å². The van der Waals surface area contributed by atoms with Gasteiger partial charge in [-0.1, -0.05) is 0 Å². The molecule has 2 aromatic carbocycles. The van der Waals surface area contributed by atoms with E-state index in [2.05, 4.69) is 0 Å². The fourth-order valence-electron chi connectivity index (χ4n) is 2.69. The zero-order valence-electron chi connectivity index (χ0n) is 15.1. The summed E-state index contributed by atoms with van der Waals surface area (Å²) in [5.41, 5.74) is -0.491. The maximum atomic E-state index is 14.1. The number of esters is 1. The van der Waals surface area contributed by atoms with Gasteiger partial charge in [-0.3, -0.25) is 4.79 Å². The Hall–Kier alpha value is -2.69. The topological polar surface area (TPSA) is 90.0 Å². The van der Waals surface area contributed by atoms with Gasteiger partial charge in [0.05, 0.1) is 23.7 Å². The lowest BCUT2D eigenvalue weighted by molar-refractivity contribution is 0.0469. The maximum Gasteiger partial charge on any atom is 0.341 e. The van der Waals surface area contributed by atoms with Crippen molar-refractivity contribution in [3.05, 3.63) is 65.2 Å². The monoisotopic (exact) mass is 425 g/mol. The van der Waals surface area contributed by atoms with Crippen LogP contribution in [0.1, 0.15) is 20.7 Å². The van der Waals surface area contributed by atoms with E-state index in [0.717, 1.165) is 30.3 Å². The smallest absolute Gasteiger partial charge is 0.341 e. The first-order valence-electron chi connectivity index (χ1n) is 8.62. The van der Waals surface area contributed by atoms with Crippen molar-refractivity contribution in [2.24, 2.45) is 0 Å². The van der Waals surface area contributed by atoms with Crippen LogP contribution in [0, 0.1) is 11.6 Å². The predicted molar refractivity (Wildman–Crippen MR) is 97.0 cm³/mol. The minimum Gasteiger partial charge on any atom is -0.454 e. The molecular weight excluding hydrogens is 408 g/mol. The number of Topliss-reactive ketones (excluding diaryl/α,β-unsaturated/α-hetero) is 1. The third-order valence-corrected chi connectivity index (χ3v) is 6.16. The van der Waals surface area contributed by atoms with Crippen LogP contribution in [0.3, 0.4) is 0 Å². The van der Waals surface area contributed by atoms with Gasteiger partial charge in [0.25, 0.3) is 0 Å². The number of ketones is 1. The van der Waals surface area contributed by atoms with Gasteiger partial charge in [0, 0.05) is 18.7 Å². The number of carbonyl (C=O) groups excluding carboxylic acids is 2. The number of carbonyl (C=O) groups is 2. The zero-order chi connectivity index (χ0) is 21.0. The lowest BCUT2D eigenvalue weighted by Gasteiger charge is -2.26. The summed E-state index contributed by atoms with van der Waals surface area (Å²) in [5, 5.41) is 0. The summed E-state index contributed by atoms with van der Waals surface area (Å²) in [7, 11) is -3.94. The molecule has 0 amide bonds. The van der Waals surface area contributed by atoms with Gasteiger partial charge in [-0.15, -0.1) is 0 Å². The summed E-state index contributed by atoms with van der Waals surface area (Å²) >= 11 is 0. The van der Waals surface area contributed by atoms with E-state index >= 15 is 0 Å². The fourth-order valence-corrected chi connectivity index (χ4v) is 4.12. The van der Waals surface area contributed by atoms with Crippen LogP contribution >= 0.6 is 0 Å². The molecule has 29 heavy (non-hydrogen) atoms. The van der Waals surface area contributed by atoms with Crippen LogP contribution in [0.5, 0.6) is 0 Å². The third-order valence-electron chi connectivity index (χ3n) is 4.27. The van der Waals surface area contributed by atoms with E-state index < -0.39 is 45.6 Å². The Bertz CT molecular complexity index is 1020. The lowest BCUT2D eigenvalue weighted by Crippen LogP contribution is -2.40. The van der Waals surface area contributed by atoms with Crippen LogP contribution in [-0.4, -0.2) is 57.4 Å². The van der Waals surface area contributed by atoms with Crippen LogP contribution in [-0.2, 0) is 19.5 Å². The number of ether oxygens (including phenoxy) is 2. The van der Waals surface area contributed by atoms with Gasteiger partial charge in [-0.25, -0.2) is 22.0 Å². The van der Waals surface area contributed by atoms with Gasteiger partial charge in [-0.2, -0.15) is 4.31 Å². The van der Waals surface area contributed by atoms with Gasteiger partial charge < -0.3 is 9.47 Å². The molecule has 0 saturated carbocycles. The Balaban J connectivity index is 1.74. The fraction of sp³-hybridized carbons (Fsp3) is 0.263. The first-order chi connectivity index (χ1) is 13.8. The summed E-state index contributed by atoms with van der Waals surface area (Å²) < 4.78 is 63.4. The van der Waals surface area contributed by atoms with Crippen LogP contribution in [0.25, 0.3) is 0 Å². The molecule has 1 aliphatic heterocycles. The molecule has 1 fully saturated rings. The Labute approximate surface area is 165 Å². The highest BCUT2D eigenvalue weighted by Crippen LogP contribution is 2.21. The third kappa shape index (κ3) is 4.84. The molecule has 0 unspecified atom stereocenters. The molecule has 154 valence electrons. The van der Waals surface area contributed by atoms with E-state index in [-0.39, 0.29) is 36.8 Å². The van der Waals surface area contributed by atoms with Crippen molar-refractivity contribution < 1.29 is 36.3 Å². The molecule has 0 radical (unpaired) electrons. The van der Waals surface area contributed by atoms with E-state index in [4.69, 9.17) is 9.47 Å². The Morgan fingerprint density at radius 1 is 1.03 bits per heavy atom. The SMILES string of the molecule is O=C(COC(=O)c1cc(S(=O)(=O)N2CCOCC2)ccc1F)c1ccc(F)cc1. The number of sulfonamides is 1. The standard InChI is InChI=1S/C19H17F2NO6S/c20-14-3-1-13(2-4-14)18(23)12-28-19(24)16-11-15(5-6-17(16)21)29(25,26)22-7-9-27-10-8-22/h1-6,11H,7-10,12H2. The van der Waals surface area contributed by atoms with Crippen molar-refractivity contribution in [3.8, 4) is 0 Å². The van der Waals surface area contributed by atoms with E-state index in [1.54, 1.807) is 0 Å². The average molecular weight is 425 g/mol. The van der Waals surface area contributed by atoms with Gasteiger partial charge in [0.2, 0.25) is 10.0 Å². The molecule has 1 saturated heterocycles. The Morgan fingerprint density at radius 2 is 1.69 bits per heavy atom. The van der Waals surface area contributed by atoms with Gasteiger partial charge in [-0.05, 0) is 42.5 Å². The Morgan fingerprint density at radius 3 is 2.34 bits per heavy atom. The number of rotatable bonds is 6. The van der Waals surface area contributed by atoms with Crippen LogP contribution < -0.4 is 0 Å². The molecule has 0 aliphatic carbocycles. The molecule has 3 rings (SSSR count). The minimum atomic E-state index is -3.94. The normalized spacial score (nSPS) is 15.1. The van der Waals surface area contributed by atoms with E-state index in [1.807, 2.05) is 0 Å². The second kappa shape index (κ2) is 8.76. The second-order valence-corrected chi connectivity index (χ2v) is 8.10. The van der Waals surface area contributed by atoms with Crippen molar-refractivity contribution in [2.45, 2.75) is 4.90 Å². The summed E-state index contributed by atoms with van der Waals surface area (Å²) in [5.74, 6) is -3.31. The molecule has 0 spiro atoms. The minimum absolute atomic E-state index is 0.114. The predicted octanol–water partition coefficient (Wildman–Crippen LogP) is 2.03. The summed E-state index contributed by atoms with van der Waals surface area (Å²) in [6, 6.07) is 7.39. The number of hydrogen-bond acceptors (Lipinski definition) is 6. The highest BCUT2D eigenvalue weighted by atomic mass is 32.2. The van der Waals surface area contributed by atoms with Crippen molar-refractivity contribution in [1.29, 1.82) is 0 Å². The van der Waals surface area contributed by atoms with Crippen molar-refractivity contribution >= 4 is 21.8 Å². The molecular formula is C19H17F2NO6S. The van der Waals surface area contributed by atoms with Gasteiger partial charge in [0.15, 0.2) is 12.4 Å². The molecule has 2 aromatic rings. The quantitative estimate of drug-likeness (QED) is 0.520. The highest BCUT2D eigenvalue weighted by Gasteiger charge is 2.28. The van der Waals surface area contributed by atoms with Crippen LogP contribution in [0.15, 0.2) is 47.4 Å². The zero-order valence-corrected chi connectivity index (χ0v) is 16.0. The molecule has 1 aliphatic rings. The number of halogens is 2. The first-order valence-corrected chi connectivity index (χ1v) is 10.1. The number of benzene rings is 2. The molecule has 7 nitrogen and oxygen atoms in total. The van der Waals surface area contributed by atoms with Crippen LogP contribution in [0.4, 0.5) is 8.78 Å². The molecule has 0 atom stereocenters. The molecule has 0 bridgehead atoms. The highest BCUT2D eigenvalue weighted by molar-refractivity contribution is 7.89. The molecule has 0 N–H and O–H groups in total. The molecule has 10 heteroatoms. The summed E-state index contributed by atoms with van der Waals surface area (Å²) in [6.07, 6.45) is 0. The Kier molecular flexibility index (Phi) is 6.36. The van der Waals surface area contributed by atoms with Gasteiger partial charge in [0.1, 0.15) is 11.6 Å². The van der Waals surface area contributed by atoms with Crippen molar-refractivity contribution in [1.82, 2.24) is 4.31 Å². The maximum absolute atomic E-state index is 14.1. The number of morpholine rings is 1. The first kappa shape index (κ1) is 21.0. The lowest BCUT2D eigenvalue weighted by atomic mass is 10.1. The number of nitrogens with zero attached hydrogens (tertiary/aromatic N) is 1. The number of hydrogen-bond donors (Lipinski definition) is 0. The van der Waals surface area contributed by atoms with E-state index in [1.165, 1.54) is 16.4 Å². The van der Waals surface area contributed by atoms with Crippen LogP contribution in [0.2, 0.25) is 0 Å². The molecule has 1 heterocycles. The van der Waals surface area contributed by atoms with Gasteiger partial charge >= 0.3 is 5.97 Å². The summed E-state index contributed by atoms with van der Waals surface area (Å²) in [4.78, 5) is 23.9. The largest absolute Gasteiger partial charge is 0.454 e. The second-order valence-electron chi connectivity index (χ2n) is 6.16. The van der Waals surface area contributed by atoms with Crippen molar-refractivity contribution in [3.63, 3.8) is 0 Å². The van der Waals surface area contributed by atoms with Crippen molar-refractivity contribution in [2.75, 3.05) is 32.9 Å². The average Bonchev–Trinajstić information content (AvgIpc) is 2.73. The summed E-state index contributed by atoms with van der Waals surface area (Å²) in [6.45, 7) is 0.0588. The molecule has 0 aromatic heterocycles. The van der Waals surface area contributed by atoms with E-state index in [0.29, 0.717) is 0 Å².